The van der Waals surface area contributed by atoms with Gasteiger partial charge in [0.05, 0.1) is 24.5 Å². The number of amides is 1. The zero-order valence-electron chi connectivity index (χ0n) is 15.7. The second kappa shape index (κ2) is 7.64. The Morgan fingerprint density at radius 3 is 2.82 bits per heavy atom. The van der Waals surface area contributed by atoms with Crippen LogP contribution >= 0.6 is 0 Å². The van der Waals surface area contributed by atoms with Crippen LogP contribution in [0.5, 0.6) is 0 Å². The van der Waals surface area contributed by atoms with Crippen LogP contribution in [0.1, 0.15) is 46.3 Å². The van der Waals surface area contributed by atoms with E-state index in [-0.39, 0.29) is 11.8 Å². The SMILES string of the molecule is Cn1c(Cn2ccnc2)nnc1[C@@H]1CCCN(C(=O)c2ccc(C#N)cc2)C1. The van der Waals surface area contributed by atoms with E-state index in [1.165, 1.54) is 0 Å². The molecule has 142 valence electrons. The molecule has 0 bridgehead atoms. The molecule has 0 unspecified atom stereocenters. The number of aromatic nitrogens is 5. The molecule has 1 amide bonds. The smallest absolute Gasteiger partial charge is 0.253 e. The quantitative estimate of drug-likeness (QED) is 0.695. The van der Waals surface area contributed by atoms with Crippen LogP contribution < -0.4 is 0 Å². The van der Waals surface area contributed by atoms with Gasteiger partial charge >= 0.3 is 0 Å². The molecule has 1 aromatic carbocycles. The van der Waals surface area contributed by atoms with Crippen LogP contribution in [0.15, 0.2) is 43.0 Å². The molecule has 2 aromatic heterocycles. The standard InChI is InChI=1S/C20H21N7O/c1-25-18(13-26-10-8-22-14-26)23-24-19(25)17-3-2-9-27(12-17)20(28)16-6-4-15(11-21)5-7-16/h4-8,10,14,17H,2-3,9,12-13H2,1H3/t17-/m1/s1. The molecule has 1 atom stereocenters. The summed E-state index contributed by atoms with van der Waals surface area (Å²) in [6.45, 7) is 1.97. The van der Waals surface area contributed by atoms with Gasteiger partial charge in [-0.25, -0.2) is 4.98 Å². The summed E-state index contributed by atoms with van der Waals surface area (Å²) in [7, 11) is 1.98. The average Bonchev–Trinajstić information content (AvgIpc) is 3.38. The van der Waals surface area contributed by atoms with Crippen molar-refractivity contribution in [2.45, 2.75) is 25.3 Å². The molecule has 8 nitrogen and oxygen atoms in total. The lowest BCUT2D eigenvalue weighted by atomic mass is 9.96. The van der Waals surface area contributed by atoms with Crippen LogP contribution in [0.4, 0.5) is 0 Å². The Hall–Kier alpha value is -3.47. The normalized spacial score (nSPS) is 16.7. The Kier molecular flexibility index (Phi) is 4.89. The number of benzene rings is 1. The third kappa shape index (κ3) is 3.51. The summed E-state index contributed by atoms with van der Waals surface area (Å²) >= 11 is 0. The Bertz CT molecular complexity index is 998. The van der Waals surface area contributed by atoms with Crippen LogP contribution in [-0.4, -0.2) is 48.2 Å². The van der Waals surface area contributed by atoms with Crippen molar-refractivity contribution in [2.24, 2.45) is 7.05 Å². The van der Waals surface area contributed by atoms with Gasteiger partial charge in [-0.2, -0.15) is 5.26 Å². The molecule has 0 spiro atoms. The van der Waals surface area contributed by atoms with Gasteiger partial charge in [-0.15, -0.1) is 10.2 Å². The highest BCUT2D eigenvalue weighted by Gasteiger charge is 2.29. The van der Waals surface area contributed by atoms with Crippen LogP contribution in [0.2, 0.25) is 0 Å². The molecular formula is C20H21N7O. The first-order valence-corrected chi connectivity index (χ1v) is 9.29. The Labute approximate surface area is 163 Å². The number of carbonyl (C=O) groups is 1. The lowest BCUT2D eigenvalue weighted by Gasteiger charge is -2.32. The molecule has 1 aliphatic heterocycles. The lowest BCUT2D eigenvalue weighted by molar-refractivity contribution is 0.0703. The predicted molar refractivity (Wildman–Crippen MR) is 101 cm³/mol. The summed E-state index contributed by atoms with van der Waals surface area (Å²) in [5.41, 5.74) is 1.16. The molecular weight excluding hydrogens is 354 g/mol. The van der Waals surface area contributed by atoms with Crippen LogP contribution in [-0.2, 0) is 13.6 Å². The average molecular weight is 375 g/mol. The zero-order valence-corrected chi connectivity index (χ0v) is 15.7. The fraction of sp³-hybridized carbons (Fsp3) is 0.350. The van der Waals surface area contributed by atoms with E-state index in [9.17, 15) is 4.79 Å². The van der Waals surface area contributed by atoms with Gasteiger partial charge in [0.1, 0.15) is 5.82 Å². The van der Waals surface area contributed by atoms with Crippen molar-refractivity contribution in [1.29, 1.82) is 5.26 Å². The van der Waals surface area contributed by atoms with Gasteiger partial charge in [-0.05, 0) is 37.1 Å². The first kappa shape index (κ1) is 17.9. The van der Waals surface area contributed by atoms with Gasteiger partial charge in [0.25, 0.3) is 5.91 Å². The van der Waals surface area contributed by atoms with Crippen molar-refractivity contribution in [3.63, 3.8) is 0 Å². The van der Waals surface area contributed by atoms with E-state index in [1.807, 2.05) is 27.3 Å². The molecule has 0 saturated carbocycles. The largest absolute Gasteiger partial charge is 0.338 e. The topological polar surface area (TPSA) is 92.6 Å². The number of piperidine rings is 1. The minimum Gasteiger partial charge on any atom is -0.338 e. The van der Waals surface area contributed by atoms with E-state index in [1.54, 1.807) is 36.8 Å². The van der Waals surface area contributed by atoms with Crippen molar-refractivity contribution in [3.8, 4) is 6.07 Å². The van der Waals surface area contributed by atoms with Crippen molar-refractivity contribution in [1.82, 2.24) is 29.2 Å². The summed E-state index contributed by atoms with van der Waals surface area (Å²) < 4.78 is 3.98. The summed E-state index contributed by atoms with van der Waals surface area (Å²) in [4.78, 5) is 18.8. The van der Waals surface area contributed by atoms with E-state index >= 15 is 0 Å². The highest BCUT2D eigenvalue weighted by molar-refractivity contribution is 5.94. The molecule has 0 aliphatic carbocycles. The predicted octanol–water partition coefficient (Wildman–Crippen LogP) is 1.95. The minimum absolute atomic E-state index is 0.00463. The molecule has 28 heavy (non-hydrogen) atoms. The third-order valence-electron chi connectivity index (χ3n) is 5.22. The van der Waals surface area contributed by atoms with E-state index in [0.717, 1.165) is 31.0 Å². The Balaban J connectivity index is 1.48. The highest BCUT2D eigenvalue weighted by atomic mass is 16.2. The molecule has 0 N–H and O–H groups in total. The monoisotopic (exact) mass is 375 g/mol. The van der Waals surface area contributed by atoms with Crippen molar-refractivity contribution in [3.05, 3.63) is 65.8 Å². The summed E-state index contributed by atoms with van der Waals surface area (Å²) in [5, 5.41) is 17.7. The number of likely N-dealkylation sites (tertiary alicyclic amines) is 1. The Morgan fingerprint density at radius 2 is 2.11 bits per heavy atom. The van der Waals surface area contributed by atoms with Gasteiger partial charge in [0, 0.05) is 44.0 Å². The van der Waals surface area contributed by atoms with Gasteiger partial charge in [-0.1, -0.05) is 0 Å². The number of nitrogens with zero attached hydrogens (tertiary/aromatic N) is 7. The first-order valence-electron chi connectivity index (χ1n) is 9.29. The van der Waals surface area contributed by atoms with Gasteiger partial charge in [0.2, 0.25) is 0 Å². The number of hydrogen-bond donors (Lipinski definition) is 0. The second-order valence-corrected chi connectivity index (χ2v) is 7.05. The molecule has 3 heterocycles. The van der Waals surface area contributed by atoms with Gasteiger partial charge in [-0.3, -0.25) is 4.79 Å². The summed E-state index contributed by atoms with van der Waals surface area (Å²) in [6.07, 6.45) is 7.30. The minimum atomic E-state index is -0.00463. The fourth-order valence-electron chi connectivity index (χ4n) is 3.65. The van der Waals surface area contributed by atoms with E-state index in [4.69, 9.17) is 5.26 Å². The molecule has 0 radical (unpaired) electrons. The second-order valence-electron chi connectivity index (χ2n) is 7.05. The molecule has 1 saturated heterocycles. The summed E-state index contributed by atoms with van der Waals surface area (Å²) in [5.74, 6) is 1.93. The number of rotatable bonds is 4. The number of carbonyl (C=O) groups excluding carboxylic acids is 1. The molecule has 1 aliphatic rings. The van der Waals surface area contributed by atoms with Gasteiger partial charge in [0.15, 0.2) is 5.82 Å². The number of imidazole rings is 1. The van der Waals surface area contributed by atoms with Crippen molar-refractivity contribution < 1.29 is 4.79 Å². The highest BCUT2D eigenvalue weighted by Crippen LogP contribution is 2.27. The molecule has 3 aromatic rings. The number of nitriles is 1. The Morgan fingerprint density at radius 1 is 1.29 bits per heavy atom. The van der Waals surface area contributed by atoms with Crippen molar-refractivity contribution in [2.75, 3.05) is 13.1 Å². The van der Waals surface area contributed by atoms with Gasteiger partial charge < -0.3 is 14.0 Å². The first-order chi connectivity index (χ1) is 13.7. The van der Waals surface area contributed by atoms with Crippen molar-refractivity contribution >= 4 is 5.91 Å². The fourth-order valence-corrected chi connectivity index (χ4v) is 3.65. The summed E-state index contributed by atoms with van der Waals surface area (Å²) in [6, 6.07) is 8.87. The lowest BCUT2D eigenvalue weighted by Crippen LogP contribution is -2.39. The maximum atomic E-state index is 12.9. The number of hydrogen-bond acceptors (Lipinski definition) is 5. The maximum absolute atomic E-state index is 12.9. The zero-order chi connectivity index (χ0) is 19.5. The van der Waals surface area contributed by atoms with Crippen LogP contribution in [0.25, 0.3) is 0 Å². The maximum Gasteiger partial charge on any atom is 0.253 e. The van der Waals surface area contributed by atoms with E-state index in [2.05, 4.69) is 21.3 Å². The third-order valence-corrected chi connectivity index (χ3v) is 5.22. The van der Waals surface area contributed by atoms with E-state index in [0.29, 0.717) is 24.2 Å². The van der Waals surface area contributed by atoms with Crippen LogP contribution in [0, 0.1) is 11.3 Å². The van der Waals surface area contributed by atoms with E-state index < -0.39 is 0 Å². The molecule has 8 heteroatoms. The molecule has 4 rings (SSSR count). The van der Waals surface area contributed by atoms with Crippen LogP contribution in [0.3, 0.4) is 0 Å². The molecule has 1 fully saturated rings.